The molecule has 5 nitrogen and oxygen atoms in total. The van der Waals surface area contributed by atoms with Crippen LogP contribution in [0.1, 0.15) is 25.3 Å². The maximum atomic E-state index is 12.2. The Morgan fingerprint density at radius 1 is 1.40 bits per heavy atom. The van der Waals surface area contributed by atoms with Gasteiger partial charge in [0.25, 0.3) is 0 Å². The van der Waals surface area contributed by atoms with Crippen molar-refractivity contribution in [2.45, 2.75) is 26.2 Å². The molecule has 3 rings (SSSR count). The van der Waals surface area contributed by atoms with Crippen molar-refractivity contribution in [2.75, 3.05) is 23.4 Å². The Labute approximate surface area is 117 Å². The molecule has 1 saturated carbocycles. The number of carbonyl (C=O) groups excluding carboxylic acids is 2. The summed E-state index contributed by atoms with van der Waals surface area (Å²) in [6.45, 7) is 2.84. The summed E-state index contributed by atoms with van der Waals surface area (Å²) < 4.78 is 4.86. The van der Waals surface area contributed by atoms with Gasteiger partial charge in [-0.15, -0.1) is 0 Å². The molecule has 0 spiro atoms. The molecule has 20 heavy (non-hydrogen) atoms. The first-order chi connectivity index (χ1) is 9.69. The second kappa shape index (κ2) is 5.15. The third-order valence-electron chi connectivity index (χ3n) is 3.70. The fourth-order valence-corrected chi connectivity index (χ4v) is 2.52. The third kappa shape index (κ3) is 2.48. The van der Waals surface area contributed by atoms with Crippen LogP contribution in [0.2, 0.25) is 0 Å². The van der Waals surface area contributed by atoms with Crippen molar-refractivity contribution in [2.24, 2.45) is 5.92 Å². The average Bonchev–Trinajstić information content (AvgIpc) is 3.19. The lowest BCUT2D eigenvalue weighted by atomic mass is 10.1. The molecule has 0 radical (unpaired) electrons. The maximum Gasteiger partial charge on any atom is 0.411 e. The van der Waals surface area contributed by atoms with Crippen LogP contribution in [0.4, 0.5) is 16.2 Å². The number of rotatable bonds is 3. The number of hydrogen-bond acceptors (Lipinski definition) is 3. The number of nitrogens with zero attached hydrogens (tertiary/aromatic N) is 1. The van der Waals surface area contributed by atoms with Crippen molar-refractivity contribution in [1.29, 1.82) is 0 Å². The Kier molecular flexibility index (Phi) is 3.34. The molecule has 2 aliphatic rings. The van der Waals surface area contributed by atoms with Crippen molar-refractivity contribution in [3.8, 4) is 0 Å². The fraction of sp³-hybridized carbons (Fsp3) is 0.467. The predicted molar refractivity (Wildman–Crippen MR) is 75.9 cm³/mol. The summed E-state index contributed by atoms with van der Waals surface area (Å²) in [6.07, 6.45) is 2.43. The predicted octanol–water partition coefficient (Wildman–Crippen LogP) is 2.55. The minimum absolute atomic E-state index is 0.211. The minimum atomic E-state index is -0.467. The second-order valence-corrected chi connectivity index (χ2v) is 5.20. The Hall–Kier alpha value is -2.04. The molecular formula is C15H18N2O3. The van der Waals surface area contributed by atoms with Crippen LogP contribution in [0, 0.1) is 5.92 Å². The number of amides is 2. The molecule has 1 fully saturated rings. The Balaban J connectivity index is 1.78. The van der Waals surface area contributed by atoms with Crippen molar-refractivity contribution in [1.82, 2.24) is 0 Å². The molecule has 0 bridgehead atoms. The van der Waals surface area contributed by atoms with Crippen LogP contribution in [0.25, 0.3) is 0 Å². The number of anilines is 2. The third-order valence-corrected chi connectivity index (χ3v) is 3.70. The largest absolute Gasteiger partial charge is 0.450 e. The summed E-state index contributed by atoms with van der Waals surface area (Å²) in [6, 6.07) is 5.68. The van der Waals surface area contributed by atoms with E-state index in [0.29, 0.717) is 12.3 Å². The van der Waals surface area contributed by atoms with Crippen LogP contribution in [-0.2, 0) is 16.0 Å². The van der Waals surface area contributed by atoms with Crippen molar-refractivity contribution in [3.05, 3.63) is 23.8 Å². The van der Waals surface area contributed by atoms with Crippen LogP contribution in [0.5, 0.6) is 0 Å². The van der Waals surface area contributed by atoms with E-state index in [4.69, 9.17) is 4.74 Å². The zero-order valence-corrected chi connectivity index (χ0v) is 11.5. The van der Waals surface area contributed by atoms with Gasteiger partial charge in [-0.1, -0.05) is 6.07 Å². The molecule has 0 saturated heterocycles. The van der Waals surface area contributed by atoms with Gasteiger partial charge >= 0.3 is 6.09 Å². The fourth-order valence-electron chi connectivity index (χ4n) is 2.52. The molecule has 5 heteroatoms. The van der Waals surface area contributed by atoms with Gasteiger partial charge in [-0.05, 0) is 43.9 Å². The van der Waals surface area contributed by atoms with Crippen LogP contribution in [-0.4, -0.2) is 25.2 Å². The standard InChI is InChI=1S/C15H18N2O3/c1-2-20-15(19)16-12-6-5-10-7-8-17(13(10)9-12)14(18)11-3-4-11/h5-6,9,11H,2-4,7-8H2,1H3,(H,16,19). The lowest BCUT2D eigenvalue weighted by Crippen LogP contribution is -2.30. The van der Waals surface area contributed by atoms with Gasteiger partial charge in [0.1, 0.15) is 0 Å². The highest BCUT2D eigenvalue weighted by Crippen LogP contribution is 2.37. The number of benzene rings is 1. The lowest BCUT2D eigenvalue weighted by molar-refractivity contribution is -0.119. The summed E-state index contributed by atoms with van der Waals surface area (Å²) in [5.74, 6) is 0.430. The molecule has 1 heterocycles. The Morgan fingerprint density at radius 2 is 2.20 bits per heavy atom. The molecule has 1 N–H and O–H groups in total. The van der Waals surface area contributed by atoms with Gasteiger partial charge in [-0.25, -0.2) is 4.79 Å². The highest BCUT2D eigenvalue weighted by molar-refractivity contribution is 5.99. The summed E-state index contributed by atoms with van der Waals surface area (Å²) in [5.41, 5.74) is 2.75. The van der Waals surface area contributed by atoms with E-state index < -0.39 is 6.09 Å². The molecule has 1 aromatic carbocycles. The van der Waals surface area contributed by atoms with Crippen LogP contribution >= 0.6 is 0 Å². The van der Waals surface area contributed by atoms with E-state index in [1.165, 1.54) is 0 Å². The van der Waals surface area contributed by atoms with E-state index in [0.717, 1.165) is 37.1 Å². The maximum absolute atomic E-state index is 12.2. The molecule has 0 atom stereocenters. The molecule has 0 aromatic heterocycles. The SMILES string of the molecule is CCOC(=O)Nc1ccc2c(c1)N(C(=O)C1CC1)CC2. The lowest BCUT2D eigenvalue weighted by Gasteiger charge is -2.18. The van der Waals surface area contributed by atoms with Gasteiger partial charge in [0.05, 0.1) is 6.61 Å². The summed E-state index contributed by atoms with van der Waals surface area (Å²) in [5, 5.41) is 2.68. The van der Waals surface area contributed by atoms with E-state index in [2.05, 4.69) is 5.32 Å². The number of fused-ring (bicyclic) bond motifs is 1. The van der Waals surface area contributed by atoms with E-state index in [9.17, 15) is 9.59 Å². The molecular weight excluding hydrogens is 256 g/mol. The molecule has 0 unspecified atom stereocenters. The normalized spacial score (nSPS) is 16.8. The number of nitrogens with one attached hydrogen (secondary N) is 1. The van der Waals surface area contributed by atoms with Gasteiger partial charge in [-0.2, -0.15) is 0 Å². The monoisotopic (exact) mass is 274 g/mol. The number of carbonyl (C=O) groups is 2. The number of hydrogen-bond donors (Lipinski definition) is 1. The van der Waals surface area contributed by atoms with Crippen molar-refractivity contribution < 1.29 is 14.3 Å². The van der Waals surface area contributed by atoms with Crippen molar-refractivity contribution >= 4 is 23.4 Å². The van der Waals surface area contributed by atoms with Gasteiger partial charge in [0, 0.05) is 23.8 Å². The zero-order valence-electron chi connectivity index (χ0n) is 11.5. The first-order valence-electron chi connectivity index (χ1n) is 7.07. The van der Waals surface area contributed by atoms with Gasteiger partial charge in [0.2, 0.25) is 5.91 Å². The smallest absolute Gasteiger partial charge is 0.411 e. The molecule has 1 aromatic rings. The highest BCUT2D eigenvalue weighted by atomic mass is 16.5. The average molecular weight is 274 g/mol. The van der Waals surface area contributed by atoms with E-state index in [1.807, 2.05) is 23.1 Å². The van der Waals surface area contributed by atoms with Crippen LogP contribution in [0.3, 0.4) is 0 Å². The van der Waals surface area contributed by atoms with Gasteiger partial charge in [-0.3, -0.25) is 10.1 Å². The molecule has 106 valence electrons. The summed E-state index contributed by atoms with van der Waals surface area (Å²) in [7, 11) is 0. The van der Waals surface area contributed by atoms with E-state index in [-0.39, 0.29) is 11.8 Å². The van der Waals surface area contributed by atoms with Crippen molar-refractivity contribution in [3.63, 3.8) is 0 Å². The highest BCUT2D eigenvalue weighted by Gasteiger charge is 2.36. The van der Waals surface area contributed by atoms with Crippen LogP contribution in [0.15, 0.2) is 18.2 Å². The summed E-state index contributed by atoms with van der Waals surface area (Å²) in [4.78, 5) is 25.5. The summed E-state index contributed by atoms with van der Waals surface area (Å²) >= 11 is 0. The second-order valence-electron chi connectivity index (χ2n) is 5.20. The molecule has 1 aliphatic carbocycles. The molecule has 1 aliphatic heterocycles. The Morgan fingerprint density at radius 3 is 2.90 bits per heavy atom. The number of ether oxygens (including phenoxy) is 1. The topological polar surface area (TPSA) is 58.6 Å². The zero-order chi connectivity index (χ0) is 14.1. The Bertz CT molecular complexity index is 552. The van der Waals surface area contributed by atoms with E-state index in [1.54, 1.807) is 6.92 Å². The van der Waals surface area contributed by atoms with Crippen LogP contribution < -0.4 is 10.2 Å². The first-order valence-corrected chi connectivity index (χ1v) is 7.07. The minimum Gasteiger partial charge on any atom is -0.450 e. The van der Waals surface area contributed by atoms with Gasteiger partial charge in [0.15, 0.2) is 0 Å². The van der Waals surface area contributed by atoms with Gasteiger partial charge < -0.3 is 9.64 Å². The quantitative estimate of drug-likeness (QED) is 0.921. The molecule has 2 amide bonds. The first kappa shape index (κ1) is 13.0. The van der Waals surface area contributed by atoms with E-state index >= 15 is 0 Å².